The van der Waals surface area contributed by atoms with Crippen molar-refractivity contribution in [1.29, 1.82) is 0 Å². The zero-order valence-electron chi connectivity index (χ0n) is 11.3. The Balaban J connectivity index is 2.39. The molecule has 2 aromatic heterocycles. The van der Waals surface area contributed by atoms with Gasteiger partial charge in [-0.05, 0) is 6.42 Å². The van der Waals surface area contributed by atoms with E-state index in [4.69, 9.17) is 4.74 Å². The van der Waals surface area contributed by atoms with Crippen molar-refractivity contribution in [3.8, 4) is 0 Å². The Labute approximate surface area is 120 Å². The Morgan fingerprint density at radius 3 is 3.10 bits per heavy atom. The fourth-order valence-corrected chi connectivity index (χ4v) is 2.64. The maximum absolute atomic E-state index is 12.3. The molecule has 5 nitrogen and oxygen atoms in total. The smallest absolute Gasteiger partial charge is 0.339 e. The van der Waals surface area contributed by atoms with Crippen LogP contribution < -0.4 is 5.56 Å². The number of fused-ring (bicyclic) bond motifs is 1. The lowest BCUT2D eigenvalue weighted by Crippen LogP contribution is -2.21. The van der Waals surface area contributed by atoms with Crippen molar-refractivity contribution in [2.75, 3.05) is 6.61 Å². The highest BCUT2D eigenvalue weighted by atomic mass is 32.1. The minimum Gasteiger partial charge on any atom is -0.462 e. The fraction of sp³-hybridized carbons (Fsp3) is 0.357. The third-order valence-electron chi connectivity index (χ3n) is 2.84. The molecular weight excluding hydrogens is 276 g/mol. The predicted molar refractivity (Wildman–Crippen MR) is 79.3 cm³/mol. The highest BCUT2D eigenvalue weighted by Crippen LogP contribution is 2.21. The summed E-state index contributed by atoms with van der Waals surface area (Å²) in [6.45, 7) is 6.35. The van der Waals surface area contributed by atoms with E-state index >= 15 is 0 Å². The average molecular weight is 292 g/mol. The van der Waals surface area contributed by atoms with Crippen molar-refractivity contribution in [3.63, 3.8) is 0 Å². The van der Waals surface area contributed by atoms with E-state index in [1.165, 1.54) is 22.2 Å². The van der Waals surface area contributed by atoms with Gasteiger partial charge in [0, 0.05) is 11.9 Å². The number of hydrogen-bond acceptors (Lipinski definition) is 5. The SMILES string of the molecule is C=CCn1cnc2scc(C(=O)OCCCC)c2c1=O. The number of carbonyl (C=O) groups is 1. The van der Waals surface area contributed by atoms with Crippen molar-refractivity contribution >= 4 is 27.5 Å². The molecule has 0 radical (unpaired) electrons. The lowest BCUT2D eigenvalue weighted by molar-refractivity contribution is 0.0502. The topological polar surface area (TPSA) is 61.2 Å². The van der Waals surface area contributed by atoms with Gasteiger partial charge in [0.05, 0.1) is 23.9 Å². The third kappa shape index (κ3) is 2.80. The van der Waals surface area contributed by atoms with Gasteiger partial charge in [-0.3, -0.25) is 9.36 Å². The van der Waals surface area contributed by atoms with Crippen LogP contribution in [0.25, 0.3) is 10.2 Å². The normalized spacial score (nSPS) is 10.7. The summed E-state index contributed by atoms with van der Waals surface area (Å²) in [5.41, 5.74) is 0.0654. The summed E-state index contributed by atoms with van der Waals surface area (Å²) in [7, 11) is 0. The Morgan fingerprint density at radius 2 is 2.40 bits per heavy atom. The number of aromatic nitrogens is 2. The first-order chi connectivity index (χ1) is 9.69. The molecule has 2 rings (SSSR count). The van der Waals surface area contributed by atoms with Gasteiger partial charge < -0.3 is 4.74 Å². The first kappa shape index (κ1) is 14.5. The maximum Gasteiger partial charge on any atom is 0.339 e. The highest BCUT2D eigenvalue weighted by Gasteiger charge is 2.18. The van der Waals surface area contributed by atoms with Gasteiger partial charge in [0.1, 0.15) is 4.83 Å². The lowest BCUT2D eigenvalue weighted by Gasteiger charge is -2.04. The Morgan fingerprint density at radius 1 is 1.60 bits per heavy atom. The molecule has 0 aromatic carbocycles. The molecule has 2 aromatic rings. The number of ether oxygens (including phenoxy) is 1. The molecule has 0 N–H and O–H groups in total. The van der Waals surface area contributed by atoms with Crippen molar-refractivity contribution < 1.29 is 9.53 Å². The molecule has 0 saturated heterocycles. The van der Waals surface area contributed by atoms with Crippen LogP contribution in [0.1, 0.15) is 30.1 Å². The van der Waals surface area contributed by atoms with E-state index in [0.717, 1.165) is 12.8 Å². The number of nitrogens with zero attached hydrogens (tertiary/aromatic N) is 2. The molecule has 0 aliphatic rings. The van der Waals surface area contributed by atoms with Crippen molar-refractivity contribution in [2.45, 2.75) is 26.3 Å². The van der Waals surface area contributed by atoms with Crippen LogP contribution in [0, 0.1) is 0 Å². The number of esters is 1. The molecule has 20 heavy (non-hydrogen) atoms. The summed E-state index contributed by atoms with van der Waals surface area (Å²) >= 11 is 1.27. The van der Waals surface area contributed by atoms with Gasteiger partial charge in [-0.1, -0.05) is 19.4 Å². The lowest BCUT2D eigenvalue weighted by atomic mass is 10.2. The zero-order chi connectivity index (χ0) is 14.5. The summed E-state index contributed by atoms with van der Waals surface area (Å²) < 4.78 is 6.58. The van der Waals surface area contributed by atoms with Crippen molar-refractivity contribution in [3.05, 3.63) is 40.3 Å². The van der Waals surface area contributed by atoms with Crippen LogP contribution >= 0.6 is 11.3 Å². The molecule has 0 saturated carbocycles. The van der Waals surface area contributed by atoms with Gasteiger partial charge >= 0.3 is 5.97 Å². The minimum absolute atomic E-state index is 0.237. The van der Waals surface area contributed by atoms with E-state index in [2.05, 4.69) is 11.6 Å². The van der Waals surface area contributed by atoms with Gasteiger partial charge in [-0.2, -0.15) is 0 Å². The van der Waals surface area contributed by atoms with E-state index in [9.17, 15) is 9.59 Å². The maximum atomic E-state index is 12.3. The van der Waals surface area contributed by atoms with Gasteiger partial charge in [-0.15, -0.1) is 17.9 Å². The standard InChI is InChI=1S/C14H16N2O3S/c1-3-5-7-19-14(18)10-8-20-12-11(10)13(17)16(6-4-2)9-15-12/h4,8-9H,2-3,5-7H2,1H3. The molecule has 106 valence electrons. The number of thiophene rings is 1. The van der Waals surface area contributed by atoms with Gasteiger partial charge in [0.25, 0.3) is 5.56 Å². The molecule has 6 heteroatoms. The molecule has 0 unspecified atom stereocenters. The monoisotopic (exact) mass is 292 g/mol. The minimum atomic E-state index is -0.458. The summed E-state index contributed by atoms with van der Waals surface area (Å²) in [5.74, 6) is -0.458. The average Bonchev–Trinajstić information content (AvgIpc) is 2.87. The number of unbranched alkanes of at least 4 members (excludes halogenated alkanes) is 1. The predicted octanol–water partition coefficient (Wildman–Crippen LogP) is 2.60. The Bertz CT molecular complexity index is 687. The summed E-state index contributed by atoms with van der Waals surface area (Å²) in [5, 5.41) is 1.96. The van der Waals surface area contributed by atoms with Crippen LogP contribution in [0.3, 0.4) is 0 Å². The Kier molecular flexibility index (Phi) is 4.68. The van der Waals surface area contributed by atoms with E-state index in [-0.39, 0.29) is 5.56 Å². The van der Waals surface area contributed by atoms with Gasteiger partial charge in [0.2, 0.25) is 0 Å². The molecule has 0 aliphatic carbocycles. The van der Waals surface area contributed by atoms with Gasteiger partial charge in [-0.25, -0.2) is 9.78 Å². The molecule has 2 heterocycles. The summed E-state index contributed by atoms with van der Waals surface area (Å²) in [4.78, 5) is 29.1. The fourth-order valence-electron chi connectivity index (χ4n) is 1.77. The quantitative estimate of drug-likeness (QED) is 0.466. The van der Waals surface area contributed by atoms with E-state index in [0.29, 0.717) is 28.9 Å². The largest absolute Gasteiger partial charge is 0.462 e. The molecule has 0 amide bonds. The number of allylic oxidation sites excluding steroid dienone is 1. The van der Waals surface area contributed by atoms with Crippen LogP contribution in [-0.2, 0) is 11.3 Å². The second-order valence-corrected chi connectivity index (χ2v) is 5.17. The zero-order valence-corrected chi connectivity index (χ0v) is 12.1. The number of carbonyl (C=O) groups excluding carboxylic acids is 1. The third-order valence-corrected chi connectivity index (χ3v) is 3.72. The number of hydrogen-bond donors (Lipinski definition) is 0. The Hall–Kier alpha value is -1.95. The molecule has 0 aliphatic heterocycles. The van der Waals surface area contributed by atoms with Crippen molar-refractivity contribution in [1.82, 2.24) is 9.55 Å². The van der Waals surface area contributed by atoms with E-state index in [1.807, 2.05) is 6.92 Å². The van der Waals surface area contributed by atoms with Crippen LogP contribution in [0.15, 0.2) is 29.2 Å². The summed E-state index contributed by atoms with van der Waals surface area (Å²) in [6, 6.07) is 0. The molecule has 0 bridgehead atoms. The second kappa shape index (κ2) is 6.47. The van der Waals surface area contributed by atoms with Crippen LogP contribution in [-0.4, -0.2) is 22.1 Å². The first-order valence-electron chi connectivity index (χ1n) is 6.43. The van der Waals surface area contributed by atoms with Crippen LogP contribution in [0.4, 0.5) is 0 Å². The van der Waals surface area contributed by atoms with Crippen LogP contribution in [0.5, 0.6) is 0 Å². The van der Waals surface area contributed by atoms with Crippen molar-refractivity contribution in [2.24, 2.45) is 0 Å². The molecular formula is C14H16N2O3S. The number of rotatable bonds is 6. The second-order valence-electron chi connectivity index (χ2n) is 4.31. The molecule has 0 spiro atoms. The molecule has 0 fully saturated rings. The first-order valence-corrected chi connectivity index (χ1v) is 7.31. The highest BCUT2D eigenvalue weighted by molar-refractivity contribution is 7.17. The molecule has 0 atom stereocenters. The van der Waals surface area contributed by atoms with Gasteiger partial charge in [0.15, 0.2) is 0 Å². The van der Waals surface area contributed by atoms with E-state index < -0.39 is 5.97 Å². The van der Waals surface area contributed by atoms with Crippen LogP contribution in [0.2, 0.25) is 0 Å². The summed E-state index contributed by atoms with van der Waals surface area (Å²) in [6.07, 6.45) is 4.84. The van der Waals surface area contributed by atoms with E-state index in [1.54, 1.807) is 11.5 Å².